The van der Waals surface area contributed by atoms with Gasteiger partial charge in [0.2, 0.25) is 5.79 Å². The van der Waals surface area contributed by atoms with Gasteiger partial charge in [-0.1, -0.05) is 52.0 Å². The van der Waals surface area contributed by atoms with E-state index in [-0.39, 0.29) is 70.3 Å². The molecule has 14 atom stereocenters. The van der Waals surface area contributed by atoms with E-state index < -0.39 is 77.9 Å². The van der Waals surface area contributed by atoms with Crippen molar-refractivity contribution >= 4 is 23.4 Å². The number of nitrogens with zero attached hydrogens (tertiary/aromatic N) is 1. The highest BCUT2D eigenvalue weighted by Gasteiger charge is 2.56. The summed E-state index contributed by atoms with van der Waals surface area (Å²) in [5, 5.41) is 58.7. The van der Waals surface area contributed by atoms with Gasteiger partial charge in [-0.3, -0.25) is 9.59 Å². The molecular formula is C47H80N2O13. The van der Waals surface area contributed by atoms with Crippen molar-refractivity contribution in [1.29, 1.82) is 5.41 Å². The number of ketones is 1. The summed E-state index contributed by atoms with van der Waals surface area (Å²) >= 11 is 0. The molecule has 1 amide bonds. The molecule has 2 bridgehead atoms. The summed E-state index contributed by atoms with van der Waals surface area (Å²) in [6.07, 6.45) is 5.99. The van der Waals surface area contributed by atoms with E-state index >= 15 is 0 Å². The topological polar surface area (TPSA) is 226 Å². The number of carbonyl (C=O) groups excluding carboxylic acids is 3. The Hall–Kier alpha value is -2.86. The van der Waals surface area contributed by atoms with E-state index in [1.54, 1.807) is 34.1 Å². The van der Waals surface area contributed by atoms with E-state index in [1.807, 2.05) is 26.0 Å². The van der Waals surface area contributed by atoms with Gasteiger partial charge in [0.25, 0.3) is 11.7 Å². The van der Waals surface area contributed by atoms with Crippen LogP contribution in [0.5, 0.6) is 0 Å². The molecule has 1 saturated carbocycles. The highest BCUT2D eigenvalue weighted by molar-refractivity contribution is 6.39. The molecule has 3 fully saturated rings. The summed E-state index contributed by atoms with van der Waals surface area (Å²) in [4.78, 5) is 44.0. The summed E-state index contributed by atoms with van der Waals surface area (Å²) in [7, 11) is 4.65. The first-order chi connectivity index (χ1) is 28.9. The minimum atomic E-state index is -2.50. The first-order valence-electron chi connectivity index (χ1n) is 22.1. The van der Waals surface area contributed by atoms with Gasteiger partial charge in [-0.15, -0.1) is 6.58 Å². The van der Waals surface area contributed by atoms with Crippen molar-refractivity contribution < 1.29 is 63.6 Å². The first-order valence-corrected chi connectivity index (χ1v) is 22.1. The number of hydrogen-bond acceptors (Lipinski definition) is 14. The number of nitrogens with one attached hydrogen (secondary N) is 1. The van der Waals surface area contributed by atoms with Gasteiger partial charge in [0, 0.05) is 57.8 Å². The number of rotatable bonds is 8. The lowest BCUT2D eigenvalue weighted by molar-refractivity contribution is -0.302. The quantitative estimate of drug-likeness (QED) is 0.111. The van der Waals surface area contributed by atoms with Gasteiger partial charge >= 0.3 is 5.97 Å². The minimum Gasteiger partial charge on any atom is -0.456 e. The highest BCUT2D eigenvalue weighted by Crippen LogP contribution is 2.39. The van der Waals surface area contributed by atoms with Crippen molar-refractivity contribution in [2.24, 2.45) is 29.6 Å². The number of aliphatic hydroxyl groups excluding tert-OH is 4. The van der Waals surface area contributed by atoms with Gasteiger partial charge in [-0.05, 0) is 95.5 Å². The number of methoxy groups -OCH3 is 3. The number of allylic oxidation sites excluding steroid dienone is 4. The van der Waals surface area contributed by atoms with Gasteiger partial charge in [0.05, 0.1) is 43.7 Å². The Morgan fingerprint density at radius 1 is 0.935 bits per heavy atom. The van der Waals surface area contributed by atoms with Crippen LogP contribution < -0.4 is 0 Å². The van der Waals surface area contributed by atoms with Crippen molar-refractivity contribution in [3.8, 4) is 0 Å². The minimum absolute atomic E-state index is 0. The fourth-order valence-electron chi connectivity index (χ4n) is 9.46. The third-order valence-corrected chi connectivity index (χ3v) is 13.0. The number of carbonyl (C=O) groups is 3. The molecule has 0 aromatic rings. The van der Waals surface area contributed by atoms with E-state index in [9.17, 15) is 29.7 Å². The van der Waals surface area contributed by atoms with Crippen LogP contribution in [-0.2, 0) is 38.1 Å². The van der Waals surface area contributed by atoms with Crippen molar-refractivity contribution in [3.63, 3.8) is 0 Å². The predicted octanol–water partition coefficient (Wildman–Crippen LogP) is 4.70. The van der Waals surface area contributed by atoms with Crippen LogP contribution in [0, 0.1) is 35.0 Å². The molecule has 0 spiro atoms. The van der Waals surface area contributed by atoms with Crippen LogP contribution >= 0.6 is 0 Å². The summed E-state index contributed by atoms with van der Waals surface area (Å²) in [6.45, 7) is 13.1. The normalized spacial score (nSPS) is 38.1. The number of ether oxygens (including phenoxy) is 5. The molecule has 0 aromatic carbocycles. The molecule has 4 aliphatic rings. The van der Waals surface area contributed by atoms with Crippen molar-refractivity contribution in [3.05, 3.63) is 36.0 Å². The molecule has 62 heavy (non-hydrogen) atoms. The Kier molecular flexibility index (Phi) is 23.3. The molecule has 3 aliphatic heterocycles. The number of piperidine rings is 1. The van der Waals surface area contributed by atoms with E-state index in [0.29, 0.717) is 62.7 Å². The summed E-state index contributed by atoms with van der Waals surface area (Å²) < 4.78 is 29.9. The molecule has 0 unspecified atom stereocenters. The second-order valence-corrected chi connectivity index (χ2v) is 17.8. The third-order valence-electron chi connectivity index (χ3n) is 13.0. The highest BCUT2D eigenvalue weighted by atomic mass is 16.7. The monoisotopic (exact) mass is 881 g/mol. The average molecular weight is 881 g/mol. The summed E-state index contributed by atoms with van der Waals surface area (Å²) in [5.74, 6) is -7.13. The zero-order valence-corrected chi connectivity index (χ0v) is 37.8. The molecule has 0 radical (unpaired) electrons. The Bertz CT molecular complexity index is 1520. The zero-order valence-electron chi connectivity index (χ0n) is 37.8. The predicted molar refractivity (Wildman–Crippen MR) is 236 cm³/mol. The van der Waals surface area contributed by atoms with Gasteiger partial charge in [-0.25, -0.2) is 4.79 Å². The Balaban J connectivity index is 0.00000253. The maximum Gasteiger partial charge on any atom is 0.329 e. The van der Waals surface area contributed by atoms with Crippen LogP contribution in [-0.4, -0.2) is 149 Å². The Labute approximate surface area is 370 Å². The number of esters is 1. The SMILES string of the molecule is C.C=CC[C@@H]1/C=C(\C)C[C@H](C)C[C@H](OC)[C@H]2O[C@@](O)(C(=O)C(=O)N3CCCC[C@H]3C(=O)O[C@H](/C(C)=C/[C@@H]3CC[C@@H](O)[C@H](OC)C3)[C@H](C)[C@@H](O)CC1=N)[C@H](C)C[C@@H]2OC.OCCO. The first kappa shape index (κ1) is 55.3. The molecule has 3 heterocycles. The summed E-state index contributed by atoms with van der Waals surface area (Å²) in [6, 6.07) is -1.12. The maximum atomic E-state index is 14.3. The van der Waals surface area contributed by atoms with Crippen LogP contribution in [0.25, 0.3) is 0 Å². The van der Waals surface area contributed by atoms with Crippen LogP contribution in [0.2, 0.25) is 0 Å². The number of fused-ring (bicyclic) bond motifs is 3. The Morgan fingerprint density at radius 3 is 2.16 bits per heavy atom. The molecular weight excluding hydrogens is 801 g/mol. The smallest absolute Gasteiger partial charge is 0.329 e. The second-order valence-electron chi connectivity index (χ2n) is 17.8. The fraction of sp³-hybridized carbons (Fsp3) is 0.787. The van der Waals surface area contributed by atoms with Crippen LogP contribution in [0.4, 0.5) is 0 Å². The molecule has 15 heteroatoms. The number of hydrogen-bond donors (Lipinski definition) is 6. The van der Waals surface area contributed by atoms with Gasteiger partial charge in [0.15, 0.2) is 0 Å². The number of aliphatic hydroxyl groups is 5. The van der Waals surface area contributed by atoms with Crippen LogP contribution in [0.1, 0.15) is 113 Å². The number of Topliss-reactive ketones (excluding diaryl/α,β-unsaturated/α-hetero) is 1. The standard InChI is InChI=1S/C44H70N2O11.C2H6O2.CH4/c1-10-13-31-19-25(2)18-26(3)20-37(54-8)40-38(55-9)22-28(5)44(52,57-40)41(49)42(50)46-17-12-11-14-33(46)43(51)56-39(29(6)35(48)24-32(31)45)27(4)21-30-15-16-34(47)36(23-30)53-7;3-1-2-4;/h10,19,21,26,28-31,33-40,45,47-48,52H,1,11-18,20,22-24H2,2-9H3;3-4H,1-2H2;1H4/b25-19+,27-21+,45-32?;;/t26-,28+,29+,30-,31+,33-,34+,35-,36+,37-,38-,39+,40+,44+;;/m0../s1. The lowest BCUT2D eigenvalue weighted by atomic mass is 9.81. The van der Waals surface area contributed by atoms with Gasteiger partial charge in [0.1, 0.15) is 18.2 Å². The molecule has 4 rings (SSSR count). The van der Waals surface area contributed by atoms with Crippen LogP contribution in [0.3, 0.4) is 0 Å². The third kappa shape index (κ3) is 14.3. The average Bonchev–Trinajstić information content (AvgIpc) is 3.24. The van der Waals surface area contributed by atoms with E-state index in [2.05, 4.69) is 13.5 Å². The molecule has 6 N–H and O–H groups in total. The lowest BCUT2D eigenvalue weighted by Gasteiger charge is -2.47. The maximum absolute atomic E-state index is 14.3. The van der Waals surface area contributed by atoms with Crippen molar-refractivity contribution in [1.82, 2.24) is 4.90 Å². The molecule has 0 aromatic heterocycles. The van der Waals surface area contributed by atoms with E-state index in [0.717, 1.165) is 5.57 Å². The molecule has 15 nitrogen and oxygen atoms in total. The lowest BCUT2D eigenvalue weighted by Crippen LogP contribution is -2.64. The second kappa shape index (κ2) is 26.2. The largest absolute Gasteiger partial charge is 0.456 e. The van der Waals surface area contributed by atoms with Crippen LogP contribution in [0.15, 0.2) is 36.0 Å². The number of cyclic esters (lactones) is 1. The fourth-order valence-corrected chi connectivity index (χ4v) is 9.46. The van der Waals surface area contributed by atoms with E-state index in [1.165, 1.54) is 12.0 Å². The molecule has 2 saturated heterocycles. The Morgan fingerprint density at radius 2 is 1.56 bits per heavy atom. The van der Waals surface area contributed by atoms with Crippen molar-refractivity contribution in [2.75, 3.05) is 41.1 Å². The van der Waals surface area contributed by atoms with E-state index in [4.69, 9.17) is 39.3 Å². The molecule has 356 valence electrons. The van der Waals surface area contributed by atoms with Gasteiger partial charge < -0.3 is 59.5 Å². The molecule has 1 aliphatic carbocycles. The van der Waals surface area contributed by atoms with Crippen molar-refractivity contribution in [2.45, 2.75) is 167 Å². The zero-order chi connectivity index (χ0) is 45.6. The van der Waals surface area contributed by atoms with Gasteiger partial charge in [-0.2, -0.15) is 0 Å². The number of amides is 1. The summed E-state index contributed by atoms with van der Waals surface area (Å²) in [5.41, 5.74) is 2.06.